The van der Waals surface area contributed by atoms with Crippen LogP contribution in [0, 0.1) is 0 Å². The summed E-state index contributed by atoms with van der Waals surface area (Å²) in [5.74, 6) is 0.106. The minimum Gasteiger partial charge on any atom is -0.343 e. The number of fused-ring (bicyclic) bond motifs is 1. The van der Waals surface area contributed by atoms with E-state index >= 15 is 0 Å². The van der Waals surface area contributed by atoms with Crippen LogP contribution in [0.4, 0.5) is 0 Å². The van der Waals surface area contributed by atoms with Crippen molar-refractivity contribution in [3.8, 4) is 0 Å². The second kappa shape index (κ2) is 5.40. The third-order valence-electron chi connectivity index (χ3n) is 2.91. The Morgan fingerprint density at radius 3 is 2.72 bits per heavy atom. The van der Waals surface area contributed by atoms with Crippen LogP contribution in [-0.2, 0) is 11.2 Å². The molecule has 0 saturated carbocycles. The third-order valence-corrected chi connectivity index (χ3v) is 3.14. The van der Waals surface area contributed by atoms with E-state index < -0.39 is 0 Å². The monoisotopic (exact) mass is 265 g/mol. The number of hydrogen-bond donors (Lipinski definition) is 0. The lowest BCUT2D eigenvalue weighted by Gasteiger charge is -2.17. The molecule has 18 heavy (non-hydrogen) atoms. The molecule has 0 unspecified atom stereocenters. The molecule has 0 atom stereocenters. The number of rotatable bonds is 4. The van der Waals surface area contributed by atoms with Crippen molar-refractivity contribution >= 4 is 23.2 Å². The molecule has 0 fully saturated rings. The Bertz CT molecular complexity index is 560. The Morgan fingerprint density at radius 1 is 1.33 bits per heavy atom. The second-order valence-corrected chi connectivity index (χ2v) is 4.52. The van der Waals surface area contributed by atoms with Gasteiger partial charge in [0.05, 0.1) is 17.1 Å². The van der Waals surface area contributed by atoms with Gasteiger partial charge >= 0.3 is 0 Å². The highest BCUT2D eigenvalue weighted by Gasteiger charge is 2.12. The minimum absolute atomic E-state index is 0.106. The van der Waals surface area contributed by atoms with E-state index in [-0.39, 0.29) is 5.91 Å². The molecular formula is C13H16ClN3O. The lowest BCUT2D eigenvalue weighted by atomic mass is 10.3. The lowest BCUT2D eigenvalue weighted by Crippen LogP contribution is -2.31. The molecule has 0 aliphatic heterocycles. The molecule has 0 saturated heterocycles. The van der Waals surface area contributed by atoms with Gasteiger partial charge in [-0.05, 0) is 26.0 Å². The first-order valence-corrected chi connectivity index (χ1v) is 6.42. The van der Waals surface area contributed by atoms with Crippen molar-refractivity contribution in [2.45, 2.75) is 20.3 Å². The molecule has 0 aliphatic rings. The highest BCUT2D eigenvalue weighted by atomic mass is 35.5. The van der Waals surface area contributed by atoms with Gasteiger partial charge in [0.2, 0.25) is 5.91 Å². The molecule has 2 rings (SSSR count). The van der Waals surface area contributed by atoms with Crippen molar-refractivity contribution in [3.63, 3.8) is 0 Å². The molecule has 2 aromatic rings. The van der Waals surface area contributed by atoms with Gasteiger partial charge in [0.25, 0.3) is 0 Å². The fourth-order valence-electron chi connectivity index (χ4n) is 1.95. The normalized spacial score (nSPS) is 10.8. The van der Waals surface area contributed by atoms with E-state index in [1.54, 1.807) is 17.2 Å². The van der Waals surface area contributed by atoms with E-state index in [4.69, 9.17) is 11.6 Å². The van der Waals surface area contributed by atoms with E-state index in [0.29, 0.717) is 11.4 Å². The predicted molar refractivity (Wildman–Crippen MR) is 71.8 cm³/mol. The number of imidazole rings is 1. The molecule has 96 valence electrons. The zero-order valence-corrected chi connectivity index (χ0v) is 11.3. The number of nitrogens with zero attached hydrogens (tertiary/aromatic N) is 3. The highest BCUT2D eigenvalue weighted by Crippen LogP contribution is 2.12. The number of carbonyl (C=O) groups is 1. The van der Waals surface area contributed by atoms with Crippen LogP contribution in [0.1, 0.15) is 19.5 Å². The van der Waals surface area contributed by atoms with Crippen molar-refractivity contribution in [3.05, 3.63) is 35.2 Å². The zero-order valence-electron chi connectivity index (χ0n) is 10.6. The van der Waals surface area contributed by atoms with Crippen molar-refractivity contribution in [2.24, 2.45) is 0 Å². The summed E-state index contributed by atoms with van der Waals surface area (Å²) in [5.41, 5.74) is 1.58. The summed E-state index contributed by atoms with van der Waals surface area (Å²) < 4.78 is 1.84. The fraction of sp³-hybridized carbons (Fsp3) is 0.385. The number of halogens is 1. The molecule has 0 aromatic carbocycles. The summed E-state index contributed by atoms with van der Waals surface area (Å²) in [6.45, 7) is 5.42. The summed E-state index contributed by atoms with van der Waals surface area (Å²) in [7, 11) is 0. The van der Waals surface area contributed by atoms with Gasteiger partial charge in [-0.3, -0.25) is 4.79 Å². The van der Waals surface area contributed by atoms with Gasteiger partial charge in [-0.25, -0.2) is 4.98 Å². The molecule has 0 bridgehead atoms. The summed E-state index contributed by atoms with van der Waals surface area (Å²) in [6.07, 6.45) is 3.97. The topological polar surface area (TPSA) is 37.6 Å². The third kappa shape index (κ3) is 2.64. The van der Waals surface area contributed by atoms with Crippen LogP contribution in [0.5, 0.6) is 0 Å². The first-order chi connectivity index (χ1) is 8.63. The SMILES string of the molecule is CCN(CC)C(=O)Cc1cn2cc(Cl)ccc2n1. The Balaban J connectivity index is 2.19. The maximum Gasteiger partial charge on any atom is 0.228 e. The Hall–Kier alpha value is -1.55. The van der Waals surface area contributed by atoms with Gasteiger partial charge in [-0.15, -0.1) is 0 Å². The minimum atomic E-state index is 0.106. The smallest absolute Gasteiger partial charge is 0.228 e. The van der Waals surface area contributed by atoms with Crippen LogP contribution >= 0.6 is 11.6 Å². The fourth-order valence-corrected chi connectivity index (χ4v) is 2.11. The molecule has 0 aliphatic carbocycles. The van der Waals surface area contributed by atoms with Gasteiger partial charge in [0.1, 0.15) is 5.65 Å². The number of carbonyl (C=O) groups excluding carboxylic acids is 1. The Labute approximate surface area is 111 Å². The quantitative estimate of drug-likeness (QED) is 0.851. The van der Waals surface area contributed by atoms with Gasteiger partial charge in [-0.2, -0.15) is 0 Å². The molecule has 0 spiro atoms. The van der Waals surface area contributed by atoms with E-state index in [1.165, 1.54) is 0 Å². The largest absolute Gasteiger partial charge is 0.343 e. The van der Waals surface area contributed by atoms with E-state index in [2.05, 4.69) is 4.98 Å². The molecular weight excluding hydrogens is 250 g/mol. The van der Waals surface area contributed by atoms with Gasteiger partial charge in [-0.1, -0.05) is 11.6 Å². The highest BCUT2D eigenvalue weighted by molar-refractivity contribution is 6.30. The molecule has 0 radical (unpaired) electrons. The molecule has 2 heterocycles. The number of hydrogen-bond acceptors (Lipinski definition) is 2. The first kappa shape index (κ1) is 12.9. The molecule has 0 N–H and O–H groups in total. The zero-order chi connectivity index (χ0) is 13.1. The average molecular weight is 266 g/mol. The predicted octanol–water partition coefficient (Wildman–Crippen LogP) is 2.40. The average Bonchev–Trinajstić information content (AvgIpc) is 2.71. The van der Waals surface area contributed by atoms with Gasteiger partial charge in [0.15, 0.2) is 0 Å². The maximum absolute atomic E-state index is 12.0. The van der Waals surface area contributed by atoms with Crippen LogP contribution in [0.25, 0.3) is 5.65 Å². The van der Waals surface area contributed by atoms with Crippen molar-refractivity contribution in [2.75, 3.05) is 13.1 Å². The van der Waals surface area contributed by atoms with E-state index in [9.17, 15) is 4.79 Å². The van der Waals surface area contributed by atoms with Crippen LogP contribution in [-0.4, -0.2) is 33.3 Å². The summed E-state index contributed by atoms with van der Waals surface area (Å²) in [5, 5.41) is 0.654. The number of aromatic nitrogens is 2. The van der Waals surface area contributed by atoms with Gasteiger partial charge < -0.3 is 9.30 Å². The van der Waals surface area contributed by atoms with Crippen LogP contribution < -0.4 is 0 Å². The first-order valence-electron chi connectivity index (χ1n) is 6.05. The van der Waals surface area contributed by atoms with Crippen molar-refractivity contribution < 1.29 is 4.79 Å². The Morgan fingerprint density at radius 2 is 2.06 bits per heavy atom. The van der Waals surface area contributed by atoms with Crippen molar-refractivity contribution in [1.82, 2.24) is 14.3 Å². The Kier molecular flexibility index (Phi) is 3.87. The summed E-state index contributed by atoms with van der Waals surface area (Å²) in [6, 6.07) is 3.63. The number of likely N-dealkylation sites (N-methyl/N-ethyl adjacent to an activating group) is 1. The second-order valence-electron chi connectivity index (χ2n) is 4.09. The van der Waals surface area contributed by atoms with E-state index in [0.717, 1.165) is 24.4 Å². The lowest BCUT2D eigenvalue weighted by molar-refractivity contribution is -0.130. The summed E-state index contributed by atoms with van der Waals surface area (Å²) >= 11 is 5.91. The molecule has 1 amide bonds. The summed E-state index contributed by atoms with van der Waals surface area (Å²) in [4.78, 5) is 18.2. The van der Waals surface area contributed by atoms with Crippen LogP contribution in [0.2, 0.25) is 5.02 Å². The van der Waals surface area contributed by atoms with E-state index in [1.807, 2.05) is 30.5 Å². The van der Waals surface area contributed by atoms with Crippen molar-refractivity contribution in [1.29, 1.82) is 0 Å². The molecule has 2 aromatic heterocycles. The maximum atomic E-state index is 12.0. The molecule has 5 heteroatoms. The van der Waals surface area contributed by atoms with Crippen LogP contribution in [0.3, 0.4) is 0 Å². The van der Waals surface area contributed by atoms with Crippen LogP contribution in [0.15, 0.2) is 24.5 Å². The molecule has 4 nitrogen and oxygen atoms in total. The number of amides is 1. The standard InChI is InChI=1S/C13H16ClN3O/c1-3-16(4-2)13(18)7-11-9-17-8-10(14)5-6-12(17)15-11/h5-6,8-9H,3-4,7H2,1-2H3. The number of pyridine rings is 1. The van der Waals surface area contributed by atoms with Gasteiger partial charge in [0, 0.05) is 25.5 Å².